The molecule has 82 valence electrons. The second-order valence-corrected chi connectivity index (χ2v) is 4.09. The van der Waals surface area contributed by atoms with E-state index >= 15 is 0 Å². The number of nitrogens with two attached hydrogens (primary N) is 1. The highest BCUT2D eigenvalue weighted by Crippen LogP contribution is 2.39. The lowest BCUT2D eigenvalue weighted by Crippen LogP contribution is -2.10. The monoisotopic (exact) mass is 315 g/mol. The highest BCUT2D eigenvalue weighted by Gasteiger charge is 2.24. The molecule has 1 aromatic rings. The minimum Gasteiger partial charge on any atom is -0.465 e. The zero-order chi connectivity index (χ0) is 11.7. The Labute approximate surface area is 103 Å². The summed E-state index contributed by atoms with van der Waals surface area (Å²) in [7, 11) is 1.10. The Morgan fingerprint density at radius 3 is 2.47 bits per heavy atom. The number of anilines is 1. The van der Waals surface area contributed by atoms with Crippen molar-refractivity contribution in [3.8, 4) is 0 Å². The van der Waals surface area contributed by atoms with Gasteiger partial charge in [-0.2, -0.15) is 0 Å². The molecule has 1 rings (SSSR count). The van der Waals surface area contributed by atoms with Crippen molar-refractivity contribution >= 4 is 50.8 Å². The molecule has 0 aliphatic rings. The molecular formula is C8H5BrCl2FNO2. The van der Waals surface area contributed by atoms with Crippen LogP contribution in [0.4, 0.5) is 10.1 Å². The van der Waals surface area contributed by atoms with E-state index in [0.29, 0.717) is 0 Å². The van der Waals surface area contributed by atoms with E-state index in [1.54, 1.807) is 0 Å². The van der Waals surface area contributed by atoms with E-state index in [-0.39, 0.29) is 20.2 Å². The number of ether oxygens (including phenoxy) is 1. The first kappa shape index (κ1) is 12.5. The number of methoxy groups -OCH3 is 1. The van der Waals surface area contributed by atoms with Gasteiger partial charge in [-0.15, -0.1) is 0 Å². The molecule has 0 aliphatic heterocycles. The van der Waals surface area contributed by atoms with Gasteiger partial charge in [0.1, 0.15) is 5.56 Å². The van der Waals surface area contributed by atoms with E-state index in [0.717, 1.165) is 7.11 Å². The van der Waals surface area contributed by atoms with Crippen molar-refractivity contribution in [2.75, 3.05) is 12.8 Å². The summed E-state index contributed by atoms with van der Waals surface area (Å²) >= 11 is 14.3. The summed E-state index contributed by atoms with van der Waals surface area (Å²) in [6, 6.07) is 0. The van der Waals surface area contributed by atoms with Crippen LogP contribution in [-0.2, 0) is 4.74 Å². The fraction of sp³-hybridized carbons (Fsp3) is 0.125. The average molecular weight is 317 g/mol. The first-order chi connectivity index (χ1) is 6.91. The minimum absolute atomic E-state index is 0.0261. The third-order valence-corrected chi connectivity index (χ3v) is 3.69. The summed E-state index contributed by atoms with van der Waals surface area (Å²) < 4.78 is 18.0. The van der Waals surface area contributed by atoms with Gasteiger partial charge >= 0.3 is 5.97 Å². The van der Waals surface area contributed by atoms with Gasteiger partial charge in [-0.05, 0) is 15.9 Å². The summed E-state index contributed by atoms with van der Waals surface area (Å²) in [6.07, 6.45) is 0. The molecule has 7 heteroatoms. The Balaban J connectivity index is 3.60. The topological polar surface area (TPSA) is 52.3 Å². The number of hydrogen-bond donors (Lipinski definition) is 1. The predicted molar refractivity (Wildman–Crippen MR) is 59.9 cm³/mol. The molecule has 1 aromatic carbocycles. The molecule has 0 saturated carbocycles. The van der Waals surface area contributed by atoms with E-state index in [2.05, 4.69) is 20.7 Å². The van der Waals surface area contributed by atoms with E-state index < -0.39 is 17.3 Å². The SMILES string of the molecule is COC(=O)c1c(N)c(Cl)c(Br)c(Cl)c1F. The smallest absolute Gasteiger partial charge is 0.343 e. The highest BCUT2D eigenvalue weighted by molar-refractivity contribution is 9.10. The lowest BCUT2D eigenvalue weighted by molar-refractivity contribution is 0.0597. The summed E-state index contributed by atoms with van der Waals surface area (Å²) in [5.74, 6) is -1.89. The number of rotatable bonds is 1. The number of carbonyl (C=O) groups is 1. The van der Waals surface area contributed by atoms with E-state index in [4.69, 9.17) is 28.9 Å². The van der Waals surface area contributed by atoms with E-state index in [1.807, 2.05) is 0 Å². The van der Waals surface area contributed by atoms with Crippen LogP contribution in [0.1, 0.15) is 10.4 Å². The largest absolute Gasteiger partial charge is 0.465 e. The molecule has 2 N–H and O–H groups in total. The maximum Gasteiger partial charge on any atom is 0.343 e. The minimum atomic E-state index is -0.961. The zero-order valence-corrected chi connectivity index (χ0v) is 10.5. The molecular weight excluding hydrogens is 312 g/mol. The Hall–Kier alpha value is -0.520. The van der Waals surface area contributed by atoms with Crippen LogP contribution in [0.3, 0.4) is 0 Å². The fourth-order valence-corrected chi connectivity index (χ4v) is 1.76. The summed E-state index contributed by atoms with van der Waals surface area (Å²) in [5.41, 5.74) is 4.80. The van der Waals surface area contributed by atoms with Crippen molar-refractivity contribution < 1.29 is 13.9 Å². The second kappa shape index (κ2) is 4.55. The predicted octanol–water partition coefficient (Wildman–Crippen LogP) is 3.26. The van der Waals surface area contributed by atoms with E-state index in [1.165, 1.54) is 0 Å². The molecule has 3 nitrogen and oxygen atoms in total. The molecule has 0 saturated heterocycles. The lowest BCUT2D eigenvalue weighted by atomic mass is 10.1. The lowest BCUT2D eigenvalue weighted by Gasteiger charge is -2.10. The average Bonchev–Trinajstić information content (AvgIpc) is 2.23. The molecule has 0 spiro atoms. The number of esters is 1. The Kier molecular flexibility index (Phi) is 3.81. The van der Waals surface area contributed by atoms with Crippen molar-refractivity contribution in [2.24, 2.45) is 0 Å². The quantitative estimate of drug-likeness (QED) is 0.374. The molecule has 0 radical (unpaired) electrons. The van der Waals surface area contributed by atoms with Gasteiger partial charge in [-0.3, -0.25) is 0 Å². The summed E-state index contributed by atoms with van der Waals surface area (Å²) in [5, 5.41) is -0.337. The van der Waals surface area contributed by atoms with Gasteiger partial charge in [0, 0.05) is 0 Å². The van der Waals surface area contributed by atoms with Gasteiger partial charge in [0.15, 0.2) is 5.82 Å². The van der Waals surface area contributed by atoms with Crippen LogP contribution in [-0.4, -0.2) is 13.1 Å². The van der Waals surface area contributed by atoms with Gasteiger partial charge in [-0.25, -0.2) is 9.18 Å². The molecule has 0 unspecified atom stereocenters. The maximum atomic E-state index is 13.5. The van der Waals surface area contributed by atoms with Gasteiger partial charge in [0.25, 0.3) is 0 Å². The molecule has 0 fully saturated rings. The van der Waals surface area contributed by atoms with Gasteiger partial charge in [-0.1, -0.05) is 23.2 Å². The number of carbonyl (C=O) groups excluding carboxylic acids is 1. The molecule has 0 aromatic heterocycles. The second-order valence-electron chi connectivity index (χ2n) is 2.54. The maximum absolute atomic E-state index is 13.5. The van der Waals surface area contributed by atoms with Crippen molar-refractivity contribution in [3.05, 3.63) is 25.9 Å². The number of benzene rings is 1. The van der Waals surface area contributed by atoms with Crippen molar-refractivity contribution in [1.29, 1.82) is 0 Å². The fourth-order valence-electron chi connectivity index (χ4n) is 0.950. The van der Waals surface area contributed by atoms with Gasteiger partial charge < -0.3 is 10.5 Å². The third-order valence-electron chi connectivity index (χ3n) is 1.69. The van der Waals surface area contributed by atoms with Crippen LogP contribution in [0.25, 0.3) is 0 Å². The van der Waals surface area contributed by atoms with Crippen LogP contribution >= 0.6 is 39.1 Å². The number of nitrogen functional groups attached to an aromatic ring is 1. The standard InChI is InChI=1S/C8H5BrCl2FNO2/c1-15-8(14)2-6(12)4(10)3(9)5(11)7(2)13/h13H2,1H3. The molecule has 0 atom stereocenters. The third kappa shape index (κ3) is 2.04. The van der Waals surface area contributed by atoms with Crippen LogP contribution in [0.5, 0.6) is 0 Å². The molecule has 0 heterocycles. The zero-order valence-electron chi connectivity index (χ0n) is 7.41. The van der Waals surface area contributed by atoms with Gasteiger partial charge in [0.2, 0.25) is 0 Å². The molecule has 15 heavy (non-hydrogen) atoms. The van der Waals surface area contributed by atoms with Crippen LogP contribution < -0.4 is 5.73 Å². The highest BCUT2D eigenvalue weighted by atomic mass is 79.9. The van der Waals surface area contributed by atoms with Crippen LogP contribution in [0.15, 0.2) is 4.47 Å². The first-order valence-corrected chi connectivity index (χ1v) is 5.16. The normalized spacial score (nSPS) is 10.2. The Morgan fingerprint density at radius 1 is 1.47 bits per heavy atom. The van der Waals surface area contributed by atoms with E-state index in [9.17, 15) is 9.18 Å². The summed E-state index contributed by atoms with van der Waals surface area (Å²) in [4.78, 5) is 11.2. The Morgan fingerprint density at radius 2 is 2.00 bits per heavy atom. The van der Waals surface area contributed by atoms with Crippen molar-refractivity contribution in [2.45, 2.75) is 0 Å². The van der Waals surface area contributed by atoms with Gasteiger partial charge in [0.05, 0.1) is 27.3 Å². The Bertz CT molecular complexity index is 410. The van der Waals surface area contributed by atoms with Crippen molar-refractivity contribution in [3.63, 3.8) is 0 Å². The summed E-state index contributed by atoms with van der Waals surface area (Å²) in [6.45, 7) is 0. The van der Waals surface area contributed by atoms with Crippen LogP contribution in [0.2, 0.25) is 10.0 Å². The molecule has 0 amide bonds. The van der Waals surface area contributed by atoms with Crippen LogP contribution in [0, 0.1) is 5.82 Å². The number of hydrogen-bond acceptors (Lipinski definition) is 3. The van der Waals surface area contributed by atoms with Crippen molar-refractivity contribution in [1.82, 2.24) is 0 Å². The molecule has 0 aliphatic carbocycles. The first-order valence-electron chi connectivity index (χ1n) is 3.61. The molecule has 0 bridgehead atoms. The number of halogens is 4.